The molecule has 0 saturated heterocycles. The highest BCUT2D eigenvalue weighted by molar-refractivity contribution is 9.10. The van der Waals surface area contributed by atoms with Gasteiger partial charge in [0.25, 0.3) is 10.0 Å². The van der Waals surface area contributed by atoms with E-state index in [4.69, 9.17) is 0 Å². The van der Waals surface area contributed by atoms with Gasteiger partial charge in [0.1, 0.15) is 0 Å². The van der Waals surface area contributed by atoms with Crippen molar-refractivity contribution in [3.8, 4) is 0 Å². The van der Waals surface area contributed by atoms with Crippen molar-refractivity contribution in [2.75, 3.05) is 0 Å². The second kappa shape index (κ2) is 6.72. The number of hydrogen-bond donors (Lipinski definition) is 1. The van der Waals surface area contributed by atoms with Crippen LogP contribution in [0.1, 0.15) is 12.5 Å². The first-order valence-electron chi connectivity index (χ1n) is 5.96. The third kappa shape index (κ3) is 4.39. The maximum absolute atomic E-state index is 12.1. The minimum atomic E-state index is -3.66. The molecule has 0 saturated carbocycles. The number of hydrogen-bond acceptors (Lipinski definition) is 3. The minimum absolute atomic E-state index is 0.165. The summed E-state index contributed by atoms with van der Waals surface area (Å²) in [5.74, 6) is 0. The first kappa shape index (κ1) is 16.2. The number of benzene rings is 2. The zero-order chi connectivity index (χ0) is 15.5. The zero-order valence-corrected chi connectivity index (χ0v) is 15.0. The van der Waals surface area contributed by atoms with E-state index in [1.165, 1.54) is 12.1 Å². The molecule has 0 heterocycles. The molecule has 2 rings (SSSR count). The summed E-state index contributed by atoms with van der Waals surface area (Å²) in [7, 11) is -3.66. The topological polar surface area (TPSA) is 58.5 Å². The van der Waals surface area contributed by atoms with E-state index in [0.29, 0.717) is 5.71 Å². The molecule has 0 radical (unpaired) electrons. The number of halogens is 2. The van der Waals surface area contributed by atoms with E-state index in [9.17, 15) is 8.42 Å². The van der Waals surface area contributed by atoms with E-state index in [1.807, 2.05) is 24.3 Å². The highest BCUT2D eigenvalue weighted by Crippen LogP contribution is 2.15. The maximum Gasteiger partial charge on any atom is 0.276 e. The largest absolute Gasteiger partial charge is 0.276 e. The molecule has 0 unspecified atom stereocenters. The Labute approximate surface area is 140 Å². The fraction of sp³-hybridized carbons (Fsp3) is 0.0714. The summed E-state index contributed by atoms with van der Waals surface area (Å²) in [6.07, 6.45) is 0. The van der Waals surface area contributed by atoms with Gasteiger partial charge in [-0.05, 0) is 48.9 Å². The lowest BCUT2D eigenvalue weighted by atomic mass is 10.1. The van der Waals surface area contributed by atoms with Gasteiger partial charge in [0.05, 0.1) is 10.6 Å². The molecule has 110 valence electrons. The lowest BCUT2D eigenvalue weighted by Crippen LogP contribution is -2.19. The Balaban J connectivity index is 2.18. The molecule has 0 bridgehead atoms. The molecule has 21 heavy (non-hydrogen) atoms. The van der Waals surface area contributed by atoms with Crippen LogP contribution >= 0.6 is 31.9 Å². The van der Waals surface area contributed by atoms with Gasteiger partial charge in [0.2, 0.25) is 0 Å². The predicted octanol–water partition coefficient (Wildman–Crippen LogP) is 3.91. The Morgan fingerprint density at radius 1 is 0.952 bits per heavy atom. The smallest absolute Gasteiger partial charge is 0.200 e. The third-order valence-corrected chi connectivity index (χ3v) is 5.00. The van der Waals surface area contributed by atoms with Gasteiger partial charge in [-0.25, -0.2) is 0 Å². The fourth-order valence-electron chi connectivity index (χ4n) is 1.55. The fourth-order valence-corrected chi connectivity index (χ4v) is 2.94. The van der Waals surface area contributed by atoms with Crippen molar-refractivity contribution in [2.45, 2.75) is 11.8 Å². The lowest BCUT2D eigenvalue weighted by Gasteiger charge is -2.05. The predicted molar refractivity (Wildman–Crippen MR) is 90.8 cm³/mol. The Bertz CT molecular complexity index is 755. The van der Waals surface area contributed by atoms with Crippen LogP contribution in [0.15, 0.2) is 67.5 Å². The minimum Gasteiger partial charge on any atom is -0.200 e. The average molecular weight is 432 g/mol. The second-order valence-electron chi connectivity index (χ2n) is 4.25. The monoisotopic (exact) mass is 430 g/mol. The van der Waals surface area contributed by atoms with Gasteiger partial charge >= 0.3 is 0 Å². The summed E-state index contributed by atoms with van der Waals surface area (Å²) in [4.78, 5) is 2.41. The first-order valence-corrected chi connectivity index (χ1v) is 9.03. The first-order chi connectivity index (χ1) is 9.88. The van der Waals surface area contributed by atoms with E-state index in [0.717, 1.165) is 14.5 Å². The van der Waals surface area contributed by atoms with Crippen LogP contribution in [0.3, 0.4) is 0 Å². The summed E-state index contributed by atoms with van der Waals surface area (Å²) < 4.78 is 26.0. The van der Waals surface area contributed by atoms with Crippen molar-refractivity contribution in [3.05, 3.63) is 63.0 Å². The van der Waals surface area contributed by atoms with Crippen LogP contribution in [-0.2, 0) is 10.0 Å². The Morgan fingerprint density at radius 3 is 1.95 bits per heavy atom. The lowest BCUT2D eigenvalue weighted by molar-refractivity contribution is 0.584. The quantitative estimate of drug-likeness (QED) is 0.589. The van der Waals surface area contributed by atoms with Crippen molar-refractivity contribution in [1.29, 1.82) is 0 Å². The molecule has 0 aliphatic heterocycles. The number of nitrogens with one attached hydrogen (secondary N) is 1. The molecule has 0 atom stereocenters. The van der Waals surface area contributed by atoms with Gasteiger partial charge in [-0.2, -0.15) is 18.4 Å². The van der Waals surface area contributed by atoms with E-state index in [2.05, 4.69) is 41.8 Å². The molecular formula is C14H12Br2N2O2S. The molecule has 0 aliphatic carbocycles. The van der Waals surface area contributed by atoms with Crippen LogP contribution in [0.2, 0.25) is 0 Å². The highest BCUT2D eigenvalue weighted by Gasteiger charge is 2.12. The standard InChI is InChI=1S/C14H12Br2N2O2S/c1-10(11-2-4-12(15)5-3-11)17-18-21(19,20)14-8-6-13(16)7-9-14/h2-9,18H,1H3. The van der Waals surface area contributed by atoms with Crippen LogP contribution in [-0.4, -0.2) is 14.1 Å². The van der Waals surface area contributed by atoms with Gasteiger partial charge < -0.3 is 0 Å². The molecule has 1 N–H and O–H groups in total. The summed E-state index contributed by atoms with van der Waals surface area (Å²) >= 11 is 6.61. The van der Waals surface area contributed by atoms with E-state index in [-0.39, 0.29) is 4.90 Å². The molecule has 0 amide bonds. The SMILES string of the molecule is CC(=NNS(=O)(=O)c1ccc(Br)cc1)c1ccc(Br)cc1. The zero-order valence-electron chi connectivity index (χ0n) is 11.0. The molecule has 0 fully saturated rings. The normalized spacial score (nSPS) is 12.2. The summed E-state index contributed by atoms with van der Waals surface area (Å²) in [6.45, 7) is 1.74. The van der Waals surface area contributed by atoms with Crippen molar-refractivity contribution in [2.24, 2.45) is 5.10 Å². The van der Waals surface area contributed by atoms with Crippen molar-refractivity contribution < 1.29 is 8.42 Å². The van der Waals surface area contributed by atoms with Gasteiger partial charge in [-0.1, -0.05) is 44.0 Å². The molecular weight excluding hydrogens is 420 g/mol. The second-order valence-corrected chi connectivity index (χ2v) is 7.74. The number of hydrazone groups is 1. The van der Waals surface area contributed by atoms with Crippen LogP contribution in [0, 0.1) is 0 Å². The maximum atomic E-state index is 12.1. The Hall–Kier alpha value is -1.18. The van der Waals surface area contributed by atoms with E-state index >= 15 is 0 Å². The Kier molecular flexibility index (Phi) is 5.18. The molecule has 2 aromatic carbocycles. The van der Waals surface area contributed by atoms with Crippen LogP contribution in [0.25, 0.3) is 0 Å². The van der Waals surface area contributed by atoms with E-state index < -0.39 is 10.0 Å². The summed E-state index contributed by atoms with van der Waals surface area (Å²) in [5, 5.41) is 3.95. The molecule has 0 spiro atoms. The number of nitrogens with zero attached hydrogens (tertiary/aromatic N) is 1. The van der Waals surface area contributed by atoms with Crippen LogP contribution in [0.5, 0.6) is 0 Å². The summed E-state index contributed by atoms with van der Waals surface area (Å²) in [5.41, 5.74) is 1.43. The highest BCUT2D eigenvalue weighted by atomic mass is 79.9. The summed E-state index contributed by atoms with van der Waals surface area (Å²) in [6, 6.07) is 13.8. The molecule has 0 aliphatic rings. The third-order valence-electron chi connectivity index (χ3n) is 2.72. The number of sulfonamides is 1. The molecule has 4 nitrogen and oxygen atoms in total. The van der Waals surface area contributed by atoms with Crippen molar-refractivity contribution in [3.63, 3.8) is 0 Å². The molecule has 0 aromatic heterocycles. The van der Waals surface area contributed by atoms with Crippen molar-refractivity contribution >= 4 is 47.6 Å². The number of rotatable bonds is 4. The van der Waals surface area contributed by atoms with Gasteiger partial charge in [0.15, 0.2) is 0 Å². The van der Waals surface area contributed by atoms with Gasteiger partial charge in [-0.15, -0.1) is 0 Å². The van der Waals surface area contributed by atoms with Gasteiger partial charge in [-0.3, -0.25) is 0 Å². The van der Waals surface area contributed by atoms with E-state index in [1.54, 1.807) is 19.1 Å². The Morgan fingerprint density at radius 2 is 1.43 bits per heavy atom. The molecule has 2 aromatic rings. The van der Waals surface area contributed by atoms with Gasteiger partial charge in [0, 0.05) is 8.95 Å². The van der Waals surface area contributed by atoms with Crippen LogP contribution < -0.4 is 4.83 Å². The average Bonchev–Trinajstić information content (AvgIpc) is 2.46. The van der Waals surface area contributed by atoms with Crippen molar-refractivity contribution in [1.82, 2.24) is 4.83 Å². The van der Waals surface area contributed by atoms with Crippen LogP contribution in [0.4, 0.5) is 0 Å². The molecule has 7 heteroatoms.